The van der Waals surface area contributed by atoms with Gasteiger partial charge in [0.1, 0.15) is 0 Å². The van der Waals surface area contributed by atoms with Gasteiger partial charge in [0.15, 0.2) is 0 Å². The molecule has 0 bridgehead atoms. The maximum absolute atomic E-state index is 12.9. The molecule has 0 radical (unpaired) electrons. The molecule has 1 aromatic carbocycles. The highest BCUT2D eigenvalue weighted by Crippen LogP contribution is 2.31. The van der Waals surface area contributed by atoms with Crippen molar-refractivity contribution in [3.05, 3.63) is 46.8 Å². The summed E-state index contributed by atoms with van der Waals surface area (Å²) in [7, 11) is 1.80. The molecule has 0 saturated heterocycles. The second-order valence-corrected chi connectivity index (χ2v) is 7.94. The molecular formula is C22H29N3O3. The number of carboxylic acid groups (broad SMARTS) is 1. The highest BCUT2D eigenvalue weighted by molar-refractivity contribution is 5.80. The molecule has 2 atom stereocenters. The van der Waals surface area contributed by atoms with Crippen molar-refractivity contribution < 1.29 is 14.7 Å². The van der Waals surface area contributed by atoms with Crippen molar-refractivity contribution >= 4 is 11.9 Å². The minimum Gasteiger partial charge on any atom is -0.481 e. The van der Waals surface area contributed by atoms with Gasteiger partial charge in [0.2, 0.25) is 5.91 Å². The van der Waals surface area contributed by atoms with Crippen molar-refractivity contribution in [2.75, 3.05) is 7.05 Å². The van der Waals surface area contributed by atoms with Crippen LogP contribution in [0.5, 0.6) is 0 Å². The number of amides is 1. The van der Waals surface area contributed by atoms with Crippen LogP contribution >= 0.6 is 0 Å². The Hall–Kier alpha value is -2.63. The van der Waals surface area contributed by atoms with Crippen molar-refractivity contribution in [1.82, 2.24) is 14.7 Å². The Morgan fingerprint density at radius 1 is 1.18 bits per heavy atom. The summed E-state index contributed by atoms with van der Waals surface area (Å²) in [4.78, 5) is 26.0. The summed E-state index contributed by atoms with van der Waals surface area (Å²) >= 11 is 0. The van der Waals surface area contributed by atoms with Gasteiger partial charge in [-0.25, -0.2) is 4.68 Å². The summed E-state index contributed by atoms with van der Waals surface area (Å²) in [5, 5.41) is 14.0. The third-order valence-corrected chi connectivity index (χ3v) is 5.93. The van der Waals surface area contributed by atoms with Crippen LogP contribution in [-0.4, -0.2) is 38.7 Å². The van der Waals surface area contributed by atoms with Crippen LogP contribution in [0.15, 0.2) is 24.3 Å². The average Bonchev–Trinajstić information content (AvgIpc) is 2.95. The zero-order valence-electron chi connectivity index (χ0n) is 17.1. The Morgan fingerprint density at radius 2 is 1.86 bits per heavy atom. The molecule has 2 aromatic rings. The SMILES string of the molecule is Cc1ccccc1-n1nc(C)c(CN(C)C(=O)C2CCCC(C(=O)O)C2)c1C. The summed E-state index contributed by atoms with van der Waals surface area (Å²) in [6.07, 6.45) is 2.68. The number of benzene rings is 1. The lowest BCUT2D eigenvalue weighted by Crippen LogP contribution is -2.36. The molecule has 0 spiro atoms. The number of aliphatic carboxylic acids is 1. The fraction of sp³-hybridized carbons (Fsp3) is 0.500. The van der Waals surface area contributed by atoms with Crippen molar-refractivity contribution in [1.29, 1.82) is 0 Å². The first-order valence-corrected chi connectivity index (χ1v) is 9.88. The normalized spacial score (nSPS) is 19.4. The van der Waals surface area contributed by atoms with Gasteiger partial charge in [0.25, 0.3) is 0 Å². The fourth-order valence-electron chi connectivity index (χ4n) is 4.20. The van der Waals surface area contributed by atoms with Gasteiger partial charge in [-0.3, -0.25) is 9.59 Å². The van der Waals surface area contributed by atoms with Gasteiger partial charge in [-0.2, -0.15) is 5.10 Å². The maximum atomic E-state index is 12.9. The zero-order valence-corrected chi connectivity index (χ0v) is 17.1. The van der Waals surface area contributed by atoms with Crippen LogP contribution in [0.2, 0.25) is 0 Å². The second kappa shape index (κ2) is 8.17. The topological polar surface area (TPSA) is 75.4 Å². The van der Waals surface area contributed by atoms with Gasteiger partial charge < -0.3 is 10.0 Å². The molecule has 6 heteroatoms. The summed E-state index contributed by atoms with van der Waals surface area (Å²) in [5.41, 5.74) is 5.17. The first-order valence-electron chi connectivity index (χ1n) is 9.88. The lowest BCUT2D eigenvalue weighted by molar-refractivity contribution is -0.145. The quantitative estimate of drug-likeness (QED) is 0.855. The monoisotopic (exact) mass is 383 g/mol. The van der Waals surface area contributed by atoms with E-state index in [9.17, 15) is 14.7 Å². The Balaban J connectivity index is 1.77. The molecule has 150 valence electrons. The van der Waals surface area contributed by atoms with E-state index in [1.807, 2.05) is 36.7 Å². The molecule has 6 nitrogen and oxygen atoms in total. The Bertz CT molecular complexity index is 887. The smallest absolute Gasteiger partial charge is 0.306 e. The molecule has 1 aliphatic carbocycles. The predicted octanol–water partition coefficient (Wildman–Crippen LogP) is 3.65. The van der Waals surface area contributed by atoms with Crippen molar-refractivity contribution in [2.45, 2.75) is 53.0 Å². The van der Waals surface area contributed by atoms with Gasteiger partial charge in [0, 0.05) is 30.8 Å². The standard InChI is InChI=1S/C22H29N3O3/c1-14-8-5-6-11-20(14)25-16(3)19(15(2)23-25)13-24(4)21(26)17-9-7-10-18(12-17)22(27)28/h5-6,8,11,17-18H,7,9-10,12-13H2,1-4H3,(H,27,28). The first kappa shape index (κ1) is 20.1. The van der Waals surface area contributed by atoms with E-state index in [0.29, 0.717) is 19.4 Å². The lowest BCUT2D eigenvalue weighted by Gasteiger charge is -2.29. The molecule has 2 unspecified atom stereocenters. The minimum atomic E-state index is -0.786. The number of carboxylic acids is 1. The number of aryl methyl sites for hydroxylation is 2. The number of carbonyl (C=O) groups is 2. The Labute approximate surface area is 166 Å². The first-order chi connectivity index (χ1) is 13.3. The number of carbonyl (C=O) groups excluding carboxylic acids is 1. The van der Waals surface area contributed by atoms with E-state index < -0.39 is 11.9 Å². The molecule has 28 heavy (non-hydrogen) atoms. The summed E-state index contributed by atoms with van der Waals surface area (Å²) in [6.45, 7) is 6.54. The largest absolute Gasteiger partial charge is 0.481 e. The van der Waals surface area contributed by atoms with E-state index in [2.05, 4.69) is 13.0 Å². The van der Waals surface area contributed by atoms with Gasteiger partial charge in [0.05, 0.1) is 17.3 Å². The van der Waals surface area contributed by atoms with Crippen LogP contribution < -0.4 is 0 Å². The molecule has 1 saturated carbocycles. The van der Waals surface area contributed by atoms with E-state index in [1.54, 1.807) is 11.9 Å². The average molecular weight is 383 g/mol. The number of para-hydroxylation sites is 1. The van der Waals surface area contributed by atoms with Crippen LogP contribution in [0.4, 0.5) is 0 Å². The Kier molecular flexibility index (Phi) is 5.87. The molecule has 1 N–H and O–H groups in total. The third-order valence-electron chi connectivity index (χ3n) is 5.93. The molecule has 1 amide bonds. The summed E-state index contributed by atoms with van der Waals surface area (Å²) in [6, 6.07) is 8.10. The lowest BCUT2D eigenvalue weighted by atomic mass is 9.81. The van der Waals surface area contributed by atoms with Crippen molar-refractivity contribution in [3.8, 4) is 5.69 Å². The molecule has 1 aromatic heterocycles. The van der Waals surface area contributed by atoms with Crippen LogP contribution in [-0.2, 0) is 16.1 Å². The second-order valence-electron chi connectivity index (χ2n) is 7.94. The maximum Gasteiger partial charge on any atom is 0.306 e. The number of nitrogens with zero attached hydrogens (tertiary/aromatic N) is 3. The molecule has 1 heterocycles. The number of aromatic nitrogens is 2. The third kappa shape index (κ3) is 3.96. The fourth-order valence-corrected chi connectivity index (χ4v) is 4.20. The van der Waals surface area contributed by atoms with Gasteiger partial charge in [-0.15, -0.1) is 0 Å². The molecule has 0 aliphatic heterocycles. The highest BCUT2D eigenvalue weighted by atomic mass is 16.4. The van der Waals surface area contributed by atoms with Crippen LogP contribution in [0.25, 0.3) is 5.69 Å². The van der Waals surface area contributed by atoms with E-state index in [4.69, 9.17) is 5.10 Å². The van der Waals surface area contributed by atoms with E-state index in [-0.39, 0.29) is 11.8 Å². The zero-order chi connectivity index (χ0) is 20.4. The molecular weight excluding hydrogens is 354 g/mol. The van der Waals surface area contributed by atoms with Crippen LogP contribution in [0.1, 0.15) is 48.2 Å². The Morgan fingerprint density at radius 3 is 2.54 bits per heavy atom. The minimum absolute atomic E-state index is 0.0355. The van der Waals surface area contributed by atoms with Crippen molar-refractivity contribution in [2.24, 2.45) is 11.8 Å². The number of hydrogen-bond donors (Lipinski definition) is 1. The highest BCUT2D eigenvalue weighted by Gasteiger charge is 2.32. The van der Waals surface area contributed by atoms with Gasteiger partial charge >= 0.3 is 5.97 Å². The van der Waals surface area contributed by atoms with Gasteiger partial charge in [-0.1, -0.05) is 24.6 Å². The van der Waals surface area contributed by atoms with Crippen LogP contribution in [0.3, 0.4) is 0 Å². The van der Waals surface area contributed by atoms with E-state index in [1.165, 1.54) is 0 Å². The number of rotatable bonds is 5. The predicted molar refractivity (Wildman–Crippen MR) is 107 cm³/mol. The summed E-state index contributed by atoms with van der Waals surface area (Å²) < 4.78 is 1.94. The molecule has 1 aliphatic rings. The van der Waals surface area contributed by atoms with E-state index in [0.717, 1.165) is 41.0 Å². The molecule has 3 rings (SSSR count). The van der Waals surface area contributed by atoms with E-state index >= 15 is 0 Å². The van der Waals surface area contributed by atoms with Gasteiger partial charge in [-0.05, 0) is 51.7 Å². The molecule has 1 fully saturated rings. The summed E-state index contributed by atoms with van der Waals surface area (Å²) in [5.74, 6) is -1.35. The van der Waals surface area contributed by atoms with Crippen LogP contribution in [0, 0.1) is 32.6 Å². The van der Waals surface area contributed by atoms with Crippen molar-refractivity contribution in [3.63, 3.8) is 0 Å². The number of hydrogen-bond acceptors (Lipinski definition) is 3.